The molecule has 0 saturated carbocycles. The van der Waals surface area contributed by atoms with Crippen LogP contribution in [-0.2, 0) is 0 Å². The molecule has 2 aromatic carbocycles. The van der Waals surface area contributed by atoms with Crippen LogP contribution in [0.1, 0.15) is 22.7 Å². The highest BCUT2D eigenvalue weighted by molar-refractivity contribution is 9.10. The number of hydrazine groups is 1. The van der Waals surface area contributed by atoms with Crippen molar-refractivity contribution in [1.29, 1.82) is 0 Å². The maximum atomic E-state index is 5.82. The van der Waals surface area contributed by atoms with E-state index in [-0.39, 0.29) is 6.04 Å². The summed E-state index contributed by atoms with van der Waals surface area (Å²) in [5.74, 6) is 5.82. The van der Waals surface area contributed by atoms with Gasteiger partial charge in [0.2, 0.25) is 0 Å². The van der Waals surface area contributed by atoms with Crippen molar-refractivity contribution in [2.24, 2.45) is 5.84 Å². The van der Waals surface area contributed by atoms with Gasteiger partial charge in [0, 0.05) is 21.6 Å². The number of nitrogens with zero attached hydrogens (tertiary/aromatic N) is 1. The minimum absolute atomic E-state index is 0.0968. The van der Waals surface area contributed by atoms with Crippen LogP contribution in [-0.4, -0.2) is 4.98 Å². The van der Waals surface area contributed by atoms with Crippen molar-refractivity contribution >= 4 is 26.8 Å². The monoisotopic (exact) mass is 341 g/mol. The molecule has 3 aromatic rings. The van der Waals surface area contributed by atoms with Crippen LogP contribution in [0, 0.1) is 6.92 Å². The Hall–Kier alpha value is -1.75. The molecule has 0 spiro atoms. The summed E-state index contributed by atoms with van der Waals surface area (Å²) in [7, 11) is 0. The molecule has 1 aromatic heterocycles. The lowest BCUT2D eigenvalue weighted by atomic mass is 9.96. The molecule has 3 N–H and O–H groups in total. The summed E-state index contributed by atoms with van der Waals surface area (Å²) >= 11 is 3.58. The summed E-state index contributed by atoms with van der Waals surface area (Å²) < 4.78 is 1.08. The molecule has 21 heavy (non-hydrogen) atoms. The van der Waals surface area contributed by atoms with E-state index >= 15 is 0 Å². The number of fused-ring (bicyclic) bond motifs is 1. The van der Waals surface area contributed by atoms with E-state index in [1.807, 2.05) is 18.3 Å². The number of para-hydroxylation sites is 1. The molecule has 3 nitrogen and oxygen atoms in total. The quantitative estimate of drug-likeness (QED) is 0.561. The number of hydrogen-bond donors (Lipinski definition) is 2. The van der Waals surface area contributed by atoms with Crippen molar-refractivity contribution in [1.82, 2.24) is 10.4 Å². The molecule has 4 heteroatoms. The minimum atomic E-state index is -0.0968. The number of rotatable bonds is 3. The standard InChI is InChI=1S/C17H16BrN3/c1-11-7-8-13(10-15(11)18)17(21-19)14-6-2-4-12-5-3-9-20-16(12)14/h2-10,17,21H,19H2,1H3. The average Bonchev–Trinajstić information content (AvgIpc) is 2.52. The number of pyridine rings is 1. The van der Waals surface area contributed by atoms with E-state index in [9.17, 15) is 0 Å². The molecule has 0 aliphatic carbocycles. The lowest BCUT2D eigenvalue weighted by molar-refractivity contribution is 0.639. The molecule has 1 heterocycles. The van der Waals surface area contributed by atoms with Gasteiger partial charge in [-0.05, 0) is 30.2 Å². The van der Waals surface area contributed by atoms with Gasteiger partial charge in [-0.15, -0.1) is 0 Å². The maximum absolute atomic E-state index is 5.82. The van der Waals surface area contributed by atoms with E-state index < -0.39 is 0 Å². The summed E-state index contributed by atoms with van der Waals surface area (Å²) in [5.41, 5.74) is 7.26. The Morgan fingerprint density at radius 1 is 1.14 bits per heavy atom. The highest BCUT2D eigenvalue weighted by Crippen LogP contribution is 2.29. The second-order valence-corrected chi connectivity index (χ2v) is 5.88. The number of hydrogen-bond acceptors (Lipinski definition) is 3. The fraction of sp³-hybridized carbons (Fsp3) is 0.118. The second kappa shape index (κ2) is 5.93. The Morgan fingerprint density at radius 2 is 1.95 bits per heavy atom. The summed E-state index contributed by atoms with van der Waals surface area (Å²) in [4.78, 5) is 4.51. The van der Waals surface area contributed by atoms with Gasteiger partial charge < -0.3 is 0 Å². The van der Waals surface area contributed by atoms with Crippen molar-refractivity contribution < 1.29 is 0 Å². The predicted molar refractivity (Wildman–Crippen MR) is 89.8 cm³/mol. The van der Waals surface area contributed by atoms with E-state index in [2.05, 4.69) is 69.7 Å². The number of nitrogens with one attached hydrogen (secondary N) is 1. The van der Waals surface area contributed by atoms with Gasteiger partial charge >= 0.3 is 0 Å². The largest absolute Gasteiger partial charge is 0.271 e. The molecule has 1 unspecified atom stereocenters. The zero-order valence-electron chi connectivity index (χ0n) is 11.7. The first-order valence-electron chi connectivity index (χ1n) is 6.76. The van der Waals surface area contributed by atoms with Gasteiger partial charge in [0.05, 0.1) is 11.6 Å². The molecule has 0 radical (unpaired) electrons. The number of nitrogens with two attached hydrogens (primary N) is 1. The van der Waals surface area contributed by atoms with Crippen LogP contribution in [0.15, 0.2) is 59.2 Å². The predicted octanol–water partition coefficient (Wildman–Crippen LogP) is 3.86. The van der Waals surface area contributed by atoms with Crippen LogP contribution < -0.4 is 11.3 Å². The topological polar surface area (TPSA) is 50.9 Å². The molecule has 106 valence electrons. The number of aryl methyl sites for hydroxylation is 1. The van der Waals surface area contributed by atoms with Crippen LogP contribution in [0.4, 0.5) is 0 Å². The van der Waals surface area contributed by atoms with Gasteiger partial charge in [-0.2, -0.15) is 0 Å². The SMILES string of the molecule is Cc1ccc(C(NN)c2cccc3cccnc23)cc1Br. The Balaban J connectivity index is 2.16. The van der Waals surface area contributed by atoms with E-state index in [1.165, 1.54) is 5.56 Å². The molecular formula is C17H16BrN3. The van der Waals surface area contributed by atoms with Crippen molar-refractivity contribution in [2.75, 3.05) is 0 Å². The first kappa shape index (κ1) is 14.2. The van der Waals surface area contributed by atoms with Gasteiger partial charge in [-0.1, -0.05) is 52.3 Å². The highest BCUT2D eigenvalue weighted by Gasteiger charge is 2.16. The number of benzene rings is 2. The third-order valence-electron chi connectivity index (χ3n) is 3.67. The fourth-order valence-electron chi connectivity index (χ4n) is 2.51. The van der Waals surface area contributed by atoms with Gasteiger partial charge in [0.25, 0.3) is 0 Å². The summed E-state index contributed by atoms with van der Waals surface area (Å²) in [6, 6.07) is 16.3. The van der Waals surface area contributed by atoms with Crippen molar-refractivity contribution in [3.8, 4) is 0 Å². The lowest BCUT2D eigenvalue weighted by Crippen LogP contribution is -2.29. The third-order valence-corrected chi connectivity index (χ3v) is 4.53. The third kappa shape index (κ3) is 2.70. The molecule has 0 aliphatic heterocycles. The molecule has 0 aliphatic rings. The van der Waals surface area contributed by atoms with Crippen molar-refractivity contribution in [2.45, 2.75) is 13.0 Å². The summed E-state index contributed by atoms with van der Waals surface area (Å²) in [6.45, 7) is 2.07. The van der Waals surface area contributed by atoms with Gasteiger partial charge in [-0.3, -0.25) is 10.8 Å². The van der Waals surface area contributed by atoms with Crippen LogP contribution >= 0.6 is 15.9 Å². The first-order valence-corrected chi connectivity index (χ1v) is 7.56. The molecule has 1 atom stereocenters. The van der Waals surface area contributed by atoms with Gasteiger partial charge in [0.1, 0.15) is 0 Å². The highest BCUT2D eigenvalue weighted by atomic mass is 79.9. The van der Waals surface area contributed by atoms with Gasteiger partial charge in [0.15, 0.2) is 0 Å². The number of aromatic nitrogens is 1. The lowest BCUT2D eigenvalue weighted by Gasteiger charge is -2.19. The summed E-state index contributed by atoms with van der Waals surface area (Å²) in [5, 5.41) is 1.11. The Labute approximate surface area is 132 Å². The first-order chi connectivity index (χ1) is 10.2. The minimum Gasteiger partial charge on any atom is -0.271 e. The Morgan fingerprint density at radius 3 is 2.71 bits per heavy atom. The van der Waals surface area contributed by atoms with Gasteiger partial charge in [-0.25, -0.2) is 5.43 Å². The fourth-order valence-corrected chi connectivity index (χ4v) is 2.91. The molecule has 3 rings (SSSR count). The molecular weight excluding hydrogens is 326 g/mol. The smallest absolute Gasteiger partial charge is 0.0753 e. The normalized spacial score (nSPS) is 12.5. The Bertz CT molecular complexity index is 781. The van der Waals surface area contributed by atoms with Crippen LogP contribution in [0.25, 0.3) is 10.9 Å². The van der Waals surface area contributed by atoms with E-state index in [1.54, 1.807) is 0 Å². The molecule has 0 amide bonds. The van der Waals surface area contributed by atoms with E-state index in [0.29, 0.717) is 0 Å². The van der Waals surface area contributed by atoms with Crippen LogP contribution in [0.5, 0.6) is 0 Å². The zero-order valence-corrected chi connectivity index (χ0v) is 13.3. The number of halogens is 1. The van der Waals surface area contributed by atoms with Crippen molar-refractivity contribution in [3.05, 3.63) is 75.9 Å². The summed E-state index contributed by atoms with van der Waals surface area (Å²) in [6.07, 6.45) is 1.81. The molecule has 0 saturated heterocycles. The zero-order chi connectivity index (χ0) is 14.8. The van der Waals surface area contributed by atoms with Crippen LogP contribution in [0.3, 0.4) is 0 Å². The molecule has 0 fully saturated rings. The van der Waals surface area contributed by atoms with E-state index in [4.69, 9.17) is 5.84 Å². The maximum Gasteiger partial charge on any atom is 0.0753 e. The average molecular weight is 342 g/mol. The van der Waals surface area contributed by atoms with Crippen LogP contribution in [0.2, 0.25) is 0 Å². The van der Waals surface area contributed by atoms with E-state index in [0.717, 1.165) is 26.5 Å². The van der Waals surface area contributed by atoms with Crippen molar-refractivity contribution in [3.63, 3.8) is 0 Å². The second-order valence-electron chi connectivity index (χ2n) is 5.03. The molecule has 0 bridgehead atoms. The Kier molecular flexibility index (Phi) is 4.01.